The molecule has 0 amide bonds. The summed E-state index contributed by atoms with van der Waals surface area (Å²) in [6, 6.07) is 11.9. The summed E-state index contributed by atoms with van der Waals surface area (Å²) < 4.78 is 0. The average Bonchev–Trinajstić information content (AvgIpc) is 2.48. The van der Waals surface area contributed by atoms with Gasteiger partial charge < -0.3 is 11.1 Å². The zero-order chi connectivity index (χ0) is 13.9. The Labute approximate surface area is 117 Å². The highest BCUT2D eigenvalue weighted by atomic mass is 14.9. The van der Waals surface area contributed by atoms with Gasteiger partial charge in [0.15, 0.2) is 0 Å². The van der Waals surface area contributed by atoms with E-state index in [9.17, 15) is 0 Å². The van der Waals surface area contributed by atoms with Gasteiger partial charge in [0.05, 0.1) is 35.3 Å². The number of hydrogen-bond donors (Lipinski definition) is 2. The SMILES string of the molecule is Cc1cccnc1CNc1c(N)cnc2ccccc12. The largest absolute Gasteiger partial charge is 0.396 e. The van der Waals surface area contributed by atoms with Crippen molar-refractivity contribution in [3.8, 4) is 0 Å². The van der Waals surface area contributed by atoms with Crippen LogP contribution in [0.4, 0.5) is 11.4 Å². The van der Waals surface area contributed by atoms with E-state index >= 15 is 0 Å². The molecule has 0 saturated carbocycles. The molecule has 20 heavy (non-hydrogen) atoms. The van der Waals surface area contributed by atoms with Crippen molar-refractivity contribution in [1.82, 2.24) is 9.97 Å². The minimum Gasteiger partial charge on any atom is -0.396 e. The molecule has 0 bridgehead atoms. The number of fused-ring (bicyclic) bond motifs is 1. The van der Waals surface area contributed by atoms with Crippen LogP contribution < -0.4 is 11.1 Å². The van der Waals surface area contributed by atoms with Crippen molar-refractivity contribution in [2.45, 2.75) is 13.5 Å². The van der Waals surface area contributed by atoms with E-state index in [1.54, 1.807) is 12.4 Å². The van der Waals surface area contributed by atoms with Crippen LogP contribution in [0, 0.1) is 6.92 Å². The van der Waals surface area contributed by atoms with Gasteiger partial charge in [0.2, 0.25) is 0 Å². The topological polar surface area (TPSA) is 63.8 Å². The number of rotatable bonds is 3. The van der Waals surface area contributed by atoms with Crippen LogP contribution in [0.1, 0.15) is 11.3 Å². The van der Waals surface area contributed by atoms with Gasteiger partial charge in [-0.25, -0.2) is 0 Å². The van der Waals surface area contributed by atoms with E-state index in [2.05, 4.69) is 28.3 Å². The van der Waals surface area contributed by atoms with E-state index in [0.29, 0.717) is 12.2 Å². The highest BCUT2D eigenvalue weighted by Crippen LogP contribution is 2.27. The standard InChI is InChI=1S/C16H16N4/c1-11-5-4-8-18-15(11)10-20-16-12-6-2-3-7-14(12)19-9-13(16)17/h2-9H,10,17H2,1H3,(H,19,20). The Kier molecular flexibility index (Phi) is 3.21. The van der Waals surface area contributed by atoms with Crippen LogP contribution in [0.3, 0.4) is 0 Å². The number of para-hydroxylation sites is 1. The first-order chi connectivity index (χ1) is 9.75. The molecule has 4 heteroatoms. The van der Waals surface area contributed by atoms with Gasteiger partial charge in [0.25, 0.3) is 0 Å². The number of nitrogens with one attached hydrogen (secondary N) is 1. The number of nitrogens with zero attached hydrogens (tertiary/aromatic N) is 2. The summed E-state index contributed by atoms with van der Waals surface area (Å²) in [5, 5.41) is 4.41. The minimum absolute atomic E-state index is 0.644. The molecular weight excluding hydrogens is 248 g/mol. The molecule has 0 fully saturated rings. The van der Waals surface area contributed by atoms with E-state index in [1.807, 2.05) is 30.3 Å². The number of hydrogen-bond acceptors (Lipinski definition) is 4. The first-order valence-electron chi connectivity index (χ1n) is 6.53. The van der Waals surface area contributed by atoms with Crippen LogP contribution in [0.2, 0.25) is 0 Å². The molecular formula is C16H16N4. The summed E-state index contributed by atoms with van der Waals surface area (Å²) in [6.07, 6.45) is 3.49. The van der Waals surface area contributed by atoms with Gasteiger partial charge >= 0.3 is 0 Å². The second kappa shape index (κ2) is 5.17. The molecule has 2 heterocycles. The van der Waals surface area contributed by atoms with Crippen LogP contribution in [0.5, 0.6) is 0 Å². The Morgan fingerprint density at radius 3 is 2.80 bits per heavy atom. The normalized spacial score (nSPS) is 10.7. The van der Waals surface area contributed by atoms with Crippen molar-refractivity contribution in [3.05, 3.63) is 60.0 Å². The second-order valence-electron chi connectivity index (χ2n) is 4.73. The lowest BCUT2D eigenvalue weighted by Crippen LogP contribution is -2.06. The van der Waals surface area contributed by atoms with Crippen LogP contribution in [0.15, 0.2) is 48.8 Å². The molecule has 0 unspecified atom stereocenters. The number of nitrogens with two attached hydrogens (primary N) is 1. The maximum atomic E-state index is 6.04. The lowest BCUT2D eigenvalue weighted by Gasteiger charge is -2.12. The Morgan fingerprint density at radius 1 is 1.10 bits per heavy atom. The van der Waals surface area contributed by atoms with Gasteiger partial charge in [0, 0.05) is 11.6 Å². The summed E-state index contributed by atoms with van der Waals surface area (Å²) in [5.41, 5.74) is 10.7. The molecule has 2 aromatic heterocycles. The highest BCUT2D eigenvalue weighted by molar-refractivity contribution is 5.96. The molecule has 0 spiro atoms. The zero-order valence-electron chi connectivity index (χ0n) is 11.3. The van der Waals surface area contributed by atoms with Gasteiger partial charge in [-0.2, -0.15) is 0 Å². The molecule has 3 N–H and O–H groups in total. The first kappa shape index (κ1) is 12.4. The number of nitrogen functional groups attached to an aromatic ring is 1. The number of anilines is 2. The first-order valence-corrected chi connectivity index (χ1v) is 6.53. The molecule has 100 valence electrons. The number of aryl methyl sites for hydroxylation is 1. The maximum Gasteiger partial charge on any atom is 0.0743 e. The van der Waals surface area contributed by atoms with E-state index < -0.39 is 0 Å². The van der Waals surface area contributed by atoms with Crippen molar-refractivity contribution < 1.29 is 0 Å². The average molecular weight is 264 g/mol. The fourth-order valence-corrected chi connectivity index (χ4v) is 2.23. The van der Waals surface area contributed by atoms with E-state index in [4.69, 9.17) is 5.73 Å². The quantitative estimate of drug-likeness (QED) is 0.763. The molecule has 0 radical (unpaired) electrons. The third-order valence-electron chi connectivity index (χ3n) is 3.36. The van der Waals surface area contributed by atoms with Gasteiger partial charge in [-0.15, -0.1) is 0 Å². The minimum atomic E-state index is 0.644. The molecule has 0 saturated heterocycles. The molecule has 0 aliphatic rings. The number of benzene rings is 1. The predicted octanol–water partition coefficient (Wildman–Crippen LogP) is 3.13. The van der Waals surface area contributed by atoms with Crippen molar-refractivity contribution in [2.75, 3.05) is 11.1 Å². The van der Waals surface area contributed by atoms with Gasteiger partial charge in [-0.05, 0) is 24.6 Å². The Hall–Kier alpha value is -2.62. The Balaban J connectivity index is 1.95. The predicted molar refractivity (Wildman–Crippen MR) is 82.5 cm³/mol. The summed E-state index contributed by atoms with van der Waals surface area (Å²) >= 11 is 0. The fraction of sp³-hybridized carbons (Fsp3) is 0.125. The van der Waals surface area contributed by atoms with Crippen LogP contribution in [-0.2, 0) is 6.54 Å². The summed E-state index contributed by atoms with van der Waals surface area (Å²) in [5.74, 6) is 0. The fourth-order valence-electron chi connectivity index (χ4n) is 2.23. The Morgan fingerprint density at radius 2 is 1.95 bits per heavy atom. The molecule has 4 nitrogen and oxygen atoms in total. The van der Waals surface area contributed by atoms with Gasteiger partial charge in [0.1, 0.15) is 0 Å². The third-order valence-corrected chi connectivity index (χ3v) is 3.36. The van der Waals surface area contributed by atoms with Crippen LogP contribution in [-0.4, -0.2) is 9.97 Å². The van der Waals surface area contributed by atoms with E-state index in [1.165, 1.54) is 0 Å². The van der Waals surface area contributed by atoms with Crippen molar-refractivity contribution in [3.63, 3.8) is 0 Å². The zero-order valence-corrected chi connectivity index (χ0v) is 11.3. The highest BCUT2D eigenvalue weighted by Gasteiger charge is 2.07. The molecule has 3 aromatic rings. The van der Waals surface area contributed by atoms with Gasteiger partial charge in [-0.1, -0.05) is 24.3 Å². The molecule has 0 aliphatic carbocycles. The monoisotopic (exact) mass is 264 g/mol. The third kappa shape index (κ3) is 2.28. The van der Waals surface area contributed by atoms with Crippen molar-refractivity contribution in [1.29, 1.82) is 0 Å². The van der Waals surface area contributed by atoms with Gasteiger partial charge in [-0.3, -0.25) is 9.97 Å². The van der Waals surface area contributed by atoms with Crippen LogP contribution >= 0.6 is 0 Å². The molecule has 0 aliphatic heterocycles. The maximum absolute atomic E-state index is 6.04. The number of pyridine rings is 2. The molecule has 3 rings (SSSR count). The summed E-state index contributed by atoms with van der Waals surface area (Å²) in [6.45, 7) is 2.70. The van der Waals surface area contributed by atoms with Crippen molar-refractivity contribution in [2.24, 2.45) is 0 Å². The smallest absolute Gasteiger partial charge is 0.0743 e. The summed E-state index contributed by atoms with van der Waals surface area (Å²) in [7, 11) is 0. The summed E-state index contributed by atoms with van der Waals surface area (Å²) in [4.78, 5) is 8.72. The lowest BCUT2D eigenvalue weighted by molar-refractivity contribution is 1.02. The lowest BCUT2D eigenvalue weighted by atomic mass is 10.1. The Bertz CT molecular complexity index is 752. The second-order valence-corrected chi connectivity index (χ2v) is 4.73. The molecule has 0 atom stereocenters. The molecule has 1 aromatic carbocycles. The number of aromatic nitrogens is 2. The van der Waals surface area contributed by atoms with Crippen LogP contribution in [0.25, 0.3) is 10.9 Å². The van der Waals surface area contributed by atoms with Crippen molar-refractivity contribution >= 4 is 22.3 Å². The van der Waals surface area contributed by atoms with E-state index in [0.717, 1.165) is 27.8 Å². The van der Waals surface area contributed by atoms with E-state index in [-0.39, 0.29) is 0 Å².